The second kappa shape index (κ2) is 5.45. The zero-order chi connectivity index (χ0) is 8.74. The molecule has 0 atom stereocenters. The first-order valence-corrected chi connectivity index (χ1v) is 4.95. The lowest BCUT2D eigenvalue weighted by Gasteiger charge is -2.16. The maximum Gasteiger partial charge on any atom is 0.0622 e. The second-order valence-electron chi connectivity index (χ2n) is 3.30. The molecule has 0 saturated heterocycles. The fraction of sp³-hybridized carbons (Fsp3) is 0.875. The minimum Gasteiger partial charge on any atom is -0.325 e. The van der Waals surface area contributed by atoms with E-state index in [9.17, 15) is 0 Å². The normalized spacial score (nSPS) is 11.1. The molecule has 0 spiro atoms. The van der Waals surface area contributed by atoms with Crippen LogP contribution in [0.2, 0.25) is 0 Å². The van der Waals surface area contributed by atoms with Crippen molar-refractivity contribution in [1.29, 1.82) is 5.26 Å². The number of nitrogens with zero attached hydrogens (tertiary/aromatic N) is 1. The summed E-state index contributed by atoms with van der Waals surface area (Å²) in [6.45, 7) is 4.04. The Balaban J connectivity index is 3.10. The third-order valence-corrected chi connectivity index (χ3v) is 2.58. The number of thioether (sulfide) groups is 1. The smallest absolute Gasteiger partial charge is 0.0622 e. The minimum atomic E-state index is -0.0721. The van der Waals surface area contributed by atoms with Gasteiger partial charge in [0.2, 0.25) is 0 Å². The first kappa shape index (κ1) is 10.8. The van der Waals surface area contributed by atoms with Gasteiger partial charge in [-0.3, -0.25) is 0 Å². The molecule has 0 aromatic rings. The maximum atomic E-state index is 8.24. The van der Waals surface area contributed by atoms with E-state index >= 15 is 0 Å². The molecule has 0 fully saturated rings. The van der Waals surface area contributed by atoms with Crippen molar-refractivity contribution in [1.82, 2.24) is 0 Å². The fourth-order valence-electron chi connectivity index (χ4n) is 0.589. The molecule has 0 bridgehead atoms. The van der Waals surface area contributed by atoms with Crippen molar-refractivity contribution in [3.8, 4) is 6.07 Å². The number of unbranched alkanes of at least 4 members (excludes halogenated alkanes) is 1. The molecule has 0 radical (unpaired) electrons. The van der Waals surface area contributed by atoms with Crippen LogP contribution < -0.4 is 5.73 Å². The van der Waals surface area contributed by atoms with Gasteiger partial charge in [0.05, 0.1) is 6.07 Å². The highest BCUT2D eigenvalue weighted by Crippen LogP contribution is 2.11. The summed E-state index contributed by atoms with van der Waals surface area (Å²) in [6.07, 6.45) is 1.65. The third-order valence-electron chi connectivity index (χ3n) is 1.05. The lowest BCUT2D eigenvalue weighted by molar-refractivity contribution is 0.591. The van der Waals surface area contributed by atoms with E-state index in [0.717, 1.165) is 17.9 Å². The largest absolute Gasteiger partial charge is 0.325 e. The van der Waals surface area contributed by atoms with Crippen molar-refractivity contribution < 1.29 is 0 Å². The van der Waals surface area contributed by atoms with E-state index < -0.39 is 0 Å². The van der Waals surface area contributed by atoms with Crippen LogP contribution in [0.25, 0.3) is 0 Å². The monoisotopic (exact) mass is 172 g/mol. The number of hydrogen-bond acceptors (Lipinski definition) is 3. The maximum absolute atomic E-state index is 8.24. The first-order valence-electron chi connectivity index (χ1n) is 3.80. The molecule has 2 N–H and O–H groups in total. The molecule has 0 aromatic carbocycles. The fourth-order valence-corrected chi connectivity index (χ4v) is 1.61. The summed E-state index contributed by atoms with van der Waals surface area (Å²) in [5.74, 6) is 2.02. The van der Waals surface area contributed by atoms with Crippen molar-refractivity contribution in [2.24, 2.45) is 5.73 Å². The van der Waals surface area contributed by atoms with Crippen LogP contribution in [0.3, 0.4) is 0 Å². The topological polar surface area (TPSA) is 49.8 Å². The highest BCUT2D eigenvalue weighted by Gasteiger charge is 2.09. The SMILES string of the molecule is CC(C)(N)CSCCCC#N. The van der Waals surface area contributed by atoms with Crippen molar-refractivity contribution in [2.45, 2.75) is 32.2 Å². The van der Waals surface area contributed by atoms with Crippen LogP contribution in [0.4, 0.5) is 0 Å². The van der Waals surface area contributed by atoms with E-state index in [1.807, 2.05) is 25.6 Å². The summed E-state index contributed by atoms with van der Waals surface area (Å²) in [7, 11) is 0. The highest BCUT2D eigenvalue weighted by molar-refractivity contribution is 7.99. The summed E-state index contributed by atoms with van der Waals surface area (Å²) in [4.78, 5) is 0. The Morgan fingerprint density at radius 1 is 1.55 bits per heavy atom. The number of rotatable bonds is 5. The number of hydrogen-bond donors (Lipinski definition) is 1. The Hall–Kier alpha value is -0.200. The molecule has 0 aliphatic rings. The van der Waals surface area contributed by atoms with Gasteiger partial charge in [-0.1, -0.05) is 0 Å². The Kier molecular flexibility index (Phi) is 5.35. The van der Waals surface area contributed by atoms with Gasteiger partial charge in [0.25, 0.3) is 0 Å². The van der Waals surface area contributed by atoms with Crippen LogP contribution in [-0.2, 0) is 0 Å². The van der Waals surface area contributed by atoms with E-state index in [-0.39, 0.29) is 5.54 Å². The van der Waals surface area contributed by atoms with E-state index in [1.54, 1.807) is 0 Å². The van der Waals surface area contributed by atoms with E-state index in [4.69, 9.17) is 11.0 Å². The number of nitriles is 1. The molecule has 0 saturated carbocycles. The van der Waals surface area contributed by atoms with Gasteiger partial charge in [0.1, 0.15) is 0 Å². The molecule has 0 aliphatic carbocycles. The molecule has 0 aromatic heterocycles. The van der Waals surface area contributed by atoms with Gasteiger partial charge in [-0.2, -0.15) is 17.0 Å². The molecule has 0 rings (SSSR count). The van der Waals surface area contributed by atoms with E-state index in [0.29, 0.717) is 6.42 Å². The van der Waals surface area contributed by atoms with Crippen LogP contribution in [-0.4, -0.2) is 17.0 Å². The van der Waals surface area contributed by atoms with Gasteiger partial charge in [-0.05, 0) is 26.0 Å². The van der Waals surface area contributed by atoms with Gasteiger partial charge < -0.3 is 5.73 Å². The van der Waals surface area contributed by atoms with E-state index in [2.05, 4.69) is 6.07 Å². The van der Waals surface area contributed by atoms with E-state index in [1.165, 1.54) is 0 Å². The molecule has 0 heterocycles. The van der Waals surface area contributed by atoms with Crippen molar-refractivity contribution in [3.05, 3.63) is 0 Å². The zero-order valence-corrected chi connectivity index (χ0v) is 8.08. The Labute approximate surface area is 73.1 Å². The summed E-state index contributed by atoms with van der Waals surface area (Å²) in [5.41, 5.74) is 5.69. The molecule has 0 aliphatic heterocycles. The van der Waals surface area contributed by atoms with Crippen molar-refractivity contribution >= 4 is 11.8 Å². The molecule has 64 valence electrons. The summed E-state index contributed by atoms with van der Waals surface area (Å²) >= 11 is 1.82. The van der Waals surface area contributed by atoms with Gasteiger partial charge in [0.15, 0.2) is 0 Å². The first-order chi connectivity index (χ1) is 5.06. The summed E-state index contributed by atoms with van der Waals surface area (Å²) in [5, 5.41) is 8.24. The van der Waals surface area contributed by atoms with Gasteiger partial charge >= 0.3 is 0 Å². The lowest BCUT2D eigenvalue weighted by Crippen LogP contribution is -2.34. The molecule has 2 nitrogen and oxygen atoms in total. The Bertz CT molecular complexity index is 132. The average molecular weight is 172 g/mol. The molecular formula is C8H16N2S. The van der Waals surface area contributed by atoms with Crippen molar-refractivity contribution in [3.63, 3.8) is 0 Å². The molecule has 0 unspecified atom stereocenters. The minimum absolute atomic E-state index is 0.0721. The lowest BCUT2D eigenvalue weighted by atomic mass is 10.1. The van der Waals surface area contributed by atoms with Crippen LogP contribution in [0, 0.1) is 11.3 Å². The number of nitrogens with two attached hydrogens (primary N) is 1. The van der Waals surface area contributed by atoms with Crippen LogP contribution in [0.1, 0.15) is 26.7 Å². The standard InChI is InChI=1S/C8H16N2S/c1-8(2,10)7-11-6-4-3-5-9/h3-4,6-7,10H2,1-2H3. The zero-order valence-electron chi connectivity index (χ0n) is 7.26. The Morgan fingerprint density at radius 3 is 2.64 bits per heavy atom. The van der Waals surface area contributed by atoms with Crippen LogP contribution in [0.5, 0.6) is 0 Å². The Morgan fingerprint density at radius 2 is 2.18 bits per heavy atom. The quantitative estimate of drug-likeness (QED) is 0.643. The summed E-state index contributed by atoms with van der Waals surface area (Å²) < 4.78 is 0. The van der Waals surface area contributed by atoms with Crippen LogP contribution >= 0.6 is 11.8 Å². The molecular weight excluding hydrogens is 156 g/mol. The average Bonchev–Trinajstić information content (AvgIpc) is 1.85. The van der Waals surface area contributed by atoms with Crippen molar-refractivity contribution in [2.75, 3.05) is 11.5 Å². The summed E-state index contributed by atoms with van der Waals surface area (Å²) in [6, 6.07) is 2.12. The highest BCUT2D eigenvalue weighted by atomic mass is 32.2. The van der Waals surface area contributed by atoms with Crippen LogP contribution in [0.15, 0.2) is 0 Å². The van der Waals surface area contributed by atoms with Gasteiger partial charge in [-0.25, -0.2) is 0 Å². The predicted octanol–water partition coefficient (Wildman–Crippen LogP) is 1.76. The van der Waals surface area contributed by atoms with Gasteiger partial charge in [-0.15, -0.1) is 0 Å². The molecule has 0 amide bonds. The third kappa shape index (κ3) is 9.80. The predicted molar refractivity (Wildman–Crippen MR) is 50.4 cm³/mol. The molecule has 11 heavy (non-hydrogen) atoms. The van der Waals surface area contributed by atoms with Gasteiger partial charge in [0, 0.05) is 17.7 Å². The molecule has 3 heteroatoms. The second-order valence-corrected chi connectivity index (χ2v) is 4.41.